The van der Waals surface area contributed by atoms with E-state index >= 15 is 0 Å². The number of pyridine rings is 1. The number of nitrogens with one attached hydrogen (secondary N) is 2. The van der Waals surface area contributed by atoms with Gasteiger partial charge in [-0.15, -0.1) is 0 Å². The molecule has 0 aliphatic rings. The first-order valence-corrected chi connectivity index (χ1v) is 5.14. The van der Waals surface area contributed by atoms with E-state index in [1.807, 2.05) is 18.2 Å². The maximum absolute atomic E-state index is 5.04. The van der Waals surface area contributed by atoms with Crippen LogP contribution in [0.4, 0.5) is 11.6 Å². The van der Waals surface area contributed by atoms with Gasteiger partial charge >= 0.3 is 0 Å². The summed E-state index contributed by atoms with van der Waals surface area (Å²) in [6, 6.07) is 7.51. The molecule has 0 aliphatic heterocycles. The summed E-state index contributed by atoms with van der Waals surface area (Å²) < 4.78 is 5.04. The van der Waals surface area contributed by atoms with Crippen molar-refractivity contribution in [2.24, 2.45) is 0 Å². The average molecular weight is 218 g/mol. The van der Waals surface area contributed by atoms with Crippen LogP contribution in [0.3, 0.4) is 0 Å². The molecule has 16 heavy (non-hydrogen) atoms. The van der Waals surface area contributed by atoms with E-state index in [1.165, 1.54) is 0 Å². The number of rotatable bonds is 4. The Morgan fingerprint density at radius 1 is 1.44 bits per heavy atom. The van der Waals surface area contributed by atoms with Crippen molar-refractivity contribution in [1.82, 2.24) is 15.2 Å². The van der Waals surface area contributed by atoms with E-state index in [4.69, 9.17) is 4.74 Å². The van der Waals surface area contributed by atoms with Gasteiger partial charge in [0.25, 0.3) is 0 Å². The Labute approximate surface area is 93.9 Å². The Bertz CT molecular complexity index is 467. The number of hydrogen-bond acceptors (Lipinski definition) is 4. The number of aromatic nitrogens is 3. The highest BCUT2D eigenvalue weighted by Gasteiger charge is 2.01. The number of nitrogens with zero attached hydrogens (tertiary/aromatic N) is 2. The van der Waals surface area contributed by atoms with Crippen LogP contribution in [0.25, 0.3) is 0 Å². The van der Waals surface area contributed by atoms with Crippen LogP contribution < -0.4 is 10.1 Å². The molecule has 0 spiro atoms. The molecule has 0 fully saturated rings. The molecular weight excluding hydrogens is 204 g/mol. The third-order valence-corrected chi connectivity index (χ3v) is 2.19. The van der Waals surface area contributed by atoms with Gasteiger partial charge < -0.3 is 10.1 Å². The predicted molar refractivity (Wildman–Crippen MR) is 62.0 cm³/mol. The fourth-order valence-corrected chi connectivity index (χ4v) is 1.34. The standard InChI is InChI=1S/C11H14N4O/c1-3-8-7-10(15-14-8)12-9-5-4-6-11(13-9)16-2/h4-7H,3H2,1-2H3,(H2,12,13,14,15). The highest BCUT2D eigenvalue weighted by Crippen LogP contribution is 2.15. The molecule has 2 aromatic rings. The van der Waals surface area contributed by atoms with Crippen LogP contribution in [0.15, 0.2) is 24.3 Å². The number of aromatic amines is 1. The minimum absolute atomic E-state index is 0.584. The summed E-state index contributed by atoms with van der Waals surface area (Å²) in [6.45, 7) is 2.06. The van der Waals surface area contributed by atoms with Gasteiger partial charge in [-0.05, 0) is 12.5 Å². The molecule has 0 atom stereocenters. The lowest BCUT2D eigenvalue weighted by Crippen LogP contribution is -1.95. The summed E-state index contributed by atoms with van der Waals surface area (Å²) in [6.07, 6.45) is 0.906. The molecule has 5 nitrogen and oxygen atoms in total. The van der Waals surface area contributed by atoms with E-state index in [0.717, 1.165) is 23.8 Å². The van der Waals surface area contributed by atoms with Gasteiger partial charge in [0.05, 0.1) is 12.8 Å². The second kappa shape index (κ2) is 4.65. The number of hydrogen-bond donors (Lipinski definition) is 2. The zero-order valence-electron chi connectivity index (χ0n) is 9.32. The van der Waals surface area contributed by atoms with Crippen molar-refractivity contribution in [1.29, 1.82) is 0 Å². The zero-order chi connectivity index (χ0) is 11.4. The van der Waals surface area contributed by atoms with E-state index < -0.39 is 0 Å². The van der Waals surface area contributed by atoms with E-state index in [9.17, 15) is 0 Å². The van der Waals surface area contributed by atoms with E-state index in [-0.39, 0.29) is 0 Å². The largest absolute Gasteiger partial charge is 0.481 e. The fourth-order valence-electron chi connectivity index (χ4n) is 1.34. The molecule has 0 radical (unpaired) electrons. The third-order valence-electron chi connectivity index (χ3n) is 2.19. The average Bonchev–Trinajstić information content (AvgIpc) is 2.77. The predicted octanol–water partition coefficient (Wildman–Crippen LogP) is 2.12. The molecular formula is C11H14N4O. The molecule has 0 aromatic carbocycles. The van der Waals surface area contributed by atoms with Crippen molar-refractivity contribution >= 4 is 11.6 Å². The molecule has 0 unspecified atom stereocenters. The number of H-pyrrole nitrogens is 1. The van der Waals surface area contributed by atoms with Crippen molar-refractivity contribution in [3.05, 3.63) is 30.0 Å². The highest BCUT2D eigenvalue weighted by atomic mass is 16.5. The van der Waals surface area contributed by atoms with Gasteiger partial charge in [-0.1, -0.05) is 13.0 Å². The maximum Gasteiger partial charge on any atom is 0.214 e. The second-order valence-corrected chi connectivity index (χ2v) is 3.32. The van der Waals surface area contributed by atoms with Crippen LogP contribution in [0.5, 0.6) is 5.88 Å². The van der Waals surface area contributed by atoms with Crippen LogP contribution >= 0.6 is 0 Å². The summed E-state index contributed by atoms with van der Waals surface area (Å²) in [7, 11) is 1.59. The molecule has 0 bridgehead atoms. The fraction of sp³-hybridized carbons (Fsp3) is 0.273. The van der Waals surface area contributed by atoms with Gasteiger partial charge in [-0.3, -0.25) is 5.10 Å². The Balaban J connectivity index is 2.13. The van der Waals surface area contributed by atoms with Crippen molar-refractivity contribution in [2.45, 2.75) is 13.3 Å². The van der Waals surface area contributed by atoms with Crippen molar-refractivity contribution in [3.63, 3.8) is 0 Å². The molecule has 84 valence electrons. The van der Waals surface area contributed by atoms with Gasteiger partial charge in [0.1, 0.15) is 11.6 Å². The molecule has 0 saturated carbocycles. The van der Waals surface area contributed by atoms with Crippen LogP contribution in [0, 0.1) is 0 Å². The smallest absolute Gasteiger partial charge is 0.214 e. The minimum Gasteiger partial charge on any atom is -0.481 e. The van der Waals surface area contributed by atoms with Gasteiger partial charge in [0.2, 0.25) is 5.88 Å². The van der Waals surface area contributed by atoms with Crippen LogP contribution in [0.1, 0.15) is 12.6 Å². The summed E-state index contributed by atoms with van der Waals surface area (Å²) in [5.74, 6) is 2.14. The molecule has 5 heteroatoms. The lowest BCUT2D eigenvalue weighted by atomic mass is 10.3. The van der Waals surface area contributed by atoms with Crippen molar-refractivity contribution < 1.29 is 4.74 Å². The Kier molecular flexibility index (Phi) is 3.05. The molecule has 0 amide bonds. The number of ether oxygens (including phenoxy) is 1. The molecule has 2 rings (SSSR count). The van der Waals surface area contributed by atoms with Gasteiger partial charge in [0.15, 0.2) is 0 Å². The Morgan fingerprint density at radius 2 is 2.31 bits per heavy atom. The van der Waals surface area contributed by atoms with Gasteiger partial charge in [-0.25, -0.2) is 0 Å². The first-order valence-electron chi connectivity index (χ1n) is 5.14. The summed E-state index contributed by atoms with van der Waals surface area (Å²) in [5.41, 5.74) is 1.02. The van der Waals surface area contributed by atoms with Crippen LogP contribution in [-0.4, -0.2) is 22.3 Å². The minimum atomic E-state index is 0.584. The Morgan fingerprint density at radius 3 is 3.00 bits per heavy atom. The van der Waals surface area contributed by atoms with Crippen LogP contribution in [-0.2, 0) is 6.42 Å². The summed E-state index contributed by atoms with van der Waals surface area (Å²) >= 11 is 0. The summed E-state index contributed by atoms with van der Waals surface area (Å²) in [5, 5.41) is 10.2. The zero-order valence-corrected chi connectivity index (χ0v) is 9.32. The number of aryl methyl sites for hydroxylation is 1. The monoisotopic (exact) mass is 218 g/mol. The molecule has 0 saturated heterocycles. The van der Waals surface area contributed by atoms with Crippen LogP contribution in [0.2, 0.25) is 0 Å². The first-order chi connectivity index (χ1) is 7.81. The van der Waals surface area contributed by atoms with E-state index in [0.29, 0.717) is 5.88 Å². The van der Waals surface area contributed by atoms with E-state index in [2.05, 4.69) is 27.4 Å². The third kappa shape index (κ3) is 2.31. The molecule has 2 N–H and O–H groups in total. The molecule has 2 heterocycles. The Hall–Kier alpha value is -2.04. The lowest BCUT2D eigenvalue weighted by molar-refractivity contribution is 0.398. The topological polar surface area (TPSA) is 62.8 Å². The van der Waals surface area contributed by atoms with Gasteiger partial charge in [-0.2, -0.15) is 10.1 Å². The number of anilines is 2. The molecule has 2 aromatic heterocycles. The number of methoxy groups -OCH3 is 1. The molecule has 0 aliphatic carbocycles. The van der Waals surface area contributed by atoms with Crippen molar-refractivity contribution in [3.8, 4) is 5.88 Å². The lowest BCUT2D eigenvalue weighted by Gasteiger charge is -2.03. The summed E-state index contributed by atoms with van der Waals surface area (Å²) in [4.78, 5) is 4.24. The first kappa shape index (κ1) is 10.5. The van der Waals surface area contributed by atoms with E-state index in [1.54, 1.807) is 13.2 Å². The SMILES string of the molecule is CCc1cc(Nc2cccc(OC)n2)[nH]n1. The maximum atomic E-state index is 5.04. The highest BCUT2D eigenvalue weighted by molar-refractivity contribution is 5.52. The quantitative estimate of drug-likeness (QED) is 0.825. The van der Waals surface area contributed by atoms with Crippen molar-refractivity contribution in [2.75, 3.05) is 12.4 Å². The second-order valence-electron chi connectivity index (χ2n) is 3.32. The van der Waals surface area contributed by atoms with Gasteiger partial charge in [0, 0.05) is 12.1 Å². The normalized spacial score (nSPS) is 10.1.